The van der Waals surface area contributed by atoms with Gasteiger partial charge in [0.15, 0.2) is 0 Å². The van der Waals surface area contributed by atoms with E-state index in [-0.39, 0.29) is 5.69 Å². The number of fused-ring (bicyclic) bond motifs is 1. The topological polar surface area (TPSA) is 110 Å². The average molecular weight is 545 g/mol. The van der Waals surface area contributed by atoms with Crippen LogP contribution in [0.5, 0.6) is 5.75 Å². The van der Waals surface area contributed by atoms with Gasteiger partial charge < -0.3 is 19.8 Å². The zero-order valence-electron chi connectivity index (χ0n) is 23.2. The summed E-state index contributed by atoms with van der Waals surface area (Å²) in [5.41, 5.74) is 3.86. The van der Waals surface area contributed by atoms with Crippen LogP contribution < -0.4 is 15.0 Å². The standard InChI is InChI=1S/C31H28N8O2/c1-31(2,32-3)23-10-11-33-28(13-23)30(40)37-24-14-27(38-36-18-24)22-12-21-17-35-29(15-26(21)34-16-22)39(4)19-20-6-8-25(41-5)9-7-20/h6-18H,19H2,1-2,4-5H3,(H,37,38,40). The highest BCUT2D eigenvalue weighted by atomic mass is 16.5. The Balaban J connectivity index is 1.32. The molecule has 1 aromatic carbocycles. The quantitative estimate of drug-likeness (QED) is 0.254. The van der Waals surface area contributed by atoms with E-state index in [0.717, 1.165) is 33.6 Å². The molecule has 4 heterocycles. The fraction of sp³-hybridized carbons (Fsp3) is 0.194. The first-order chi connectivity index (χ1) is 19.8. The molecule has 0 saturated carbocycles. The minimum atomic E-state index is -0.756. The first-order valence-corrected chi connectivity index (χ1v) is 12.9. The summed E-state index contributed by atoms with van der Waals surface area (Å²) in [7, 11) is 3.64. The minimum absolute atomic E-state index is 0.212. The smallest absolute Gasteiger partial charge is 0.274 e. The van der Waals surface area contributed by atoms with Crippen molar-refractivity contribution in [3.63, 3.8) is 0 Å². The highest BCUT2D eigenvalue weighted by Gasteiger charge is 2.27. The largest absolute Gasteiger partial charge is 0.497 e. The maximum Gasteiger partial charge on any atom is 0.274 e. The molecule has 0 spiro atoms. The van der Waals surface area contributed by atoms with Gasteiger partial charge in [0, 0.05) is 68.6 Å². The second-order valence-corrected chi connectivity index (χ2v) is 10.0. The molecule has 204 valence electrons. The van der Waals surface area contributed by atoms with E-state index in [1.54, 1.807) is 51.6 Å². The Bertz CT molecular complexity index is 1760. The molecule has 10 heteroatoms. The fourth-order valence-corrected chi connectivity index (χ4v) is 4.22. The van der Waals surface area contributed by atoms with Crippen molar-refractivity contribution >= 4 is 28.3 Å². The van der Waals surface area contributed by atoms with Crippen LogP contribution in [0.25, 0.3) is 27.0 Å². The predicted molar refractivity (Wildman–Crippen MR) is 157 cm³/mol. The molecule has 0 aliphatic carbocycles. The van der Waals surface area contributed by atoms with Gasteiger partial charge in [0.1, 0.15) is 17.3 Å². The van der Waals surface area contributed by atoms with E-state index in [9.17, 15) is 4.79 Å². The van der Waals surface area contributed by atoms with Crippen LogP contribution in [-0.4, -0.2) is 45.2 Å². The number of carbonyl (C=O) groups is 1. The molecule has 10 nitrogen and oxygen atoms in total. The monoisotopic (exact) mass is 544 g/mol. The molecule has 1 N–H and O–H groups in total. The van der Waals surface area contributed by atoms with Gasteiger partial charge in [-0.05, 0) is 42.0 Å². The molecule has 0 saturated heterocycles. The van der Waals surface area contributed by atoms with Crippen molar-refractivity contribution < 1.29 is 9.53 Å². The summed E-state index contributed by atoms with van der Waals surface area (Å²) in [4.78, 5) is 32.0. The summed E-state index contributed by atoms with van der Waals surface area (Å²) < 4.78 is 5.24. The number of methoxy groups -OCH3 is 1. The molecule has 5 rings (SSSR count). The van der Waals surface area contributed by atoms with E-state index in [1.807, 2.05) is 43.4 Å². The lowest BCUT2D eigenvalue weighted by Gasteiger charge is -2.18. The van der Waals surface area contributed by atoms with Gasteiger partial charge in [0.2, 0.25) is 0 Å². The molecule has 41 heavy (non-hydrogen) atoms. The third-order valence-corrected chi connectivity index (χ3v) is 6.71. The average Bonchev–Trinajstić information content (AvgIpc) is 3.01. The third kappa shape index (κ3) is 6.09. The number of hydrogen-bond acceptors (Lipinski definition) is 8. The normalized spacial score (nSPS) is 11.1. The number of benzene rings is 1. The number of pyridine rings is 3. The molecular weight excluding hydrogens is 516 g/mol. The molecule has 0 unspecified atom stereocenters. The van der Waals surface area contributed by atoms with Gasteiger partial charge in [0.25, 0.3) is 11.4 Å². The van der Waals surface area contributed by atoms with E-state index in [1.165, 1.54) is 12.4 Å². The maximum absolute atomic E-state index is 12.9. The van der Waals surface area contributed by atoms with E-state index in [0.29, 0.717) is 23.5 Å². The summed E-state index contributed by atoms with van der Waals surface area (Å²) >= 11 is 0. The van der Waals surface area contributed by atoms with Crippen molar-refractivity contribution in [3.05, 3.63) is 108 Å². The van der Waals surface area contributed by atoms with E-state index < -0.39 is 11.4 Å². The van der Waals surface area contributed by atoms with Gasteiger partial charge in [-0.1, -0.05) is 12.1 Å². The summed E-state index contributed by atoms with van der Waals surface area (Å²) in [6.45, 7) is 11.7. The highest BCUT2D eigenvalue weighted by molar-refractivity contribution is 6.03. The second-order valence-electron chi connectivity index (χ2n) is 10.0. The van der Waals surface area contributed by atoms with Crippen LogP contribution in [0.15, 0.2) is 79.4 Å². The van der Waals surface area contributed by atoms with E-state index in [4.69, 9.17) is 11.3 Å². The number of rotatable bonds is 8. The van der Waals surface area contributed by atoms with Gasteiger partial charge in [0.05, 0.1) is 30.2 Å². The molecule has 0 aliphatic heterocycles. The number of nitrogens with zero attached hydrogens (tertiary/aromatic N) is 7. The summed E-state index contributed by atoms with van der Waals surface area (Å²) in [6, 6.07) is 16.9. The van der Waals surface area contributed by atoms with Gasteiger partial charge in [-0.3, -0.25) is 14.8 Å². The number of amides is 1. The van der Waals surface area contributed by atoms with Crippen LogP contribution >= 0.6 is 0 Å². The predicted octanol–water partition coefficient (Wildman–Crippen LogP) is 5.53. The van der Waals surface area contributed by atoms with E-state index in [2.05, 4.69) is 40.2 Å². The number of nitrogens with one attached hydrogen (secondary N) is 1. The number of aromatic nitrogens is 5. The maximum atomic E-state index is 12.9. The second kappa shape index (κ2) is 11.4. The Labute approximate surface area is 237 Å². The van der Waals surface area contributed by atoms with Gasteiger partial charge in [-0.2, -0.15) is 10.2 Å². The molecule has 0 atom stereocenters. The molecule has 0 fully saturated rings. The Morgan fingerprint density at radius 2 is 1.83 bits per heavy atom. The zero-order chi connectivity index (χ0) is 29.0. The molecule has 0 aliphatic rings. The van der Waals surface area contributed by atoms with Crippen molar-refractivity contribution in [2.45, 2.75) is 25.9 Å². The third-order valence-electron chi connectivity index (χ3n) is 6.71. The van der Waals surface area contributed by atoms with Crippen molar-refractivity contribution in [2.24, 2.45) is 0 Å². The number of anilines is 2. The Kier molecular flexibility index (Phi) is 7.52. The summed E-state index contributed by atoms with van der Waals surface area (Å²) in [5.74, 6) is 1.22. The first-order valence-electron chi connectivity index (χ1n) is 12.9. The van der Waals surface area contributed by atoms with Crippen molar-refractivity contribution in [1.82, 2.24) is 25.1 Å². The van der Waals surface area contributed by atoms with Crippen LogP contribution in [0.3, 0.4) is 0 Å². The first kappa shape index (κ1) is 27.1. The van der Waals surface area contributed by atoms with Crippen molar-refractivity contribution in [3.8, 4) is 17.0 Å². The van der Waals surface area contributed by atoms with Gasteiger partial charge in [-0.25, -0.2) is 11.6 Å². The Morgan fingerprint density at radius 1 is 1.02 bits per heavy atom. The fourth-order valence-electron chi connectivity index (χ4n) is 4.22. The van der Waals surface area contributed by atoms with Gasteiger partial charge in [-0.15, -0.1) is 0 Å². The lowest BCUT2D eigenvalue weighted by atomic mass is 9.96. The number of ether oxygens (including phenoxy) is 1. The SMILES string of the molecule is [C-]#[N+]C(C)(C)c1ccnc(C(=O)Nc2cnnc(-c3cnc4cc(N(C)Cc5ccc(OC)cc5)ncc4c3)c2)c1. The van der Waals surface area contributed by atoms with Crippen LogP contribution in [0.2, 0.25) is 0 Å². The molecule has 4 aromatic heterocycles. The number of carbonyl (C=O) groups excluding carboxylic acids is 1. The van der Waals surface area contributed by atoms with Crippen LogP contribution in [0.1, 0.15) is 35.5 Å². The van der Waals surface area contributed by atoms with Crippen LogP contribution in [0, 0.1) is 6.57 Å². The molecule has 1 amide bonds. The van der Waals surface area contributed by atoms with Crippen LogP contribution in [-0.2, 0) is 12.1 Å². The van der Waals surface area contributed by atoms with Crippen LogP contribution in [0.4, 0.5) is 11.5 Å². The van der Waals surface area contributed by atoms with Crippen molar-refractivity contribution in [1.29, 1.82) is 0 Å². The number of hydrogen-bond donors (Lipinski definition) is 1. The lowest BCUT2D eigenvalue weighted by molar-refractivity contribution is 0.102. The Hall–Kier alpha value is -5.43. The highest BCUT2D eigenvalue weighted by Crippen LogP contribution is 2.26. The lowest BCUT2D eigenvalue weighted by Crippen LogP contribution is -2.17. The minimum Gasteiger partial charge on any atom is -0.497 e. The summed E-state index contributed by atoms with van der Waals surface area (Å²) in [5, 5.41) is 12.0. The molecule has 0 bridgehead atoms. The van der Waals surface area contributed by atoms with Gasteiger partial charge >= 0.3 is 0 Å². The van der Waals surface area contributed by atoms with Crippen molar-refractivity contribution in [2.75, 3.05) is 24.4 Å². The molecular formula is C31H28N8O2. The zero-order valence-corrected chi connectivity index (χ0v) is 23.2. The molecule has 5 aromatic rings. The Morgan fingerprint density at radius 3 is 2.59 bits per heavy atom. The van der Waals surface area contributed by atoms with E-state index >= 15 is 0 Å². The molecule has 0 radical (unpaired) electrons. The summed E-state index contributed by atoms with van der Waals surface area (Å²) in [6.07, 6.45) is 6.51.